The third-order valence-electron chi connectivity index (χ3n) is 4.15. The molecule has 2 N–H and O–H groups in total. The van der Waals surface area contributed by atoms with Gasteiger partial charge >= 0.3 is 0 Å². The van der Waals surface area contributed by atoms with Gasteiger partial charge in [-0.15, -0.1) is 0 Å². The topological polar surface area (TPSA) is 69.3 Å². The van der Waals surface area contributed by atoms with E-state index in [1.807, 2.05) is 12.1 Å². The van der Waals surface area contributed by atoms with E-state index in [4.69, 9.17) is 19.9 Å². The van der Waals surface area contributed by atoms with E-state index in [-0.39, 0.29) is 0 Å². The van der Waals surface area contributed by atoms with E-state index < -0.39 is 0 Å². The number of guanidine groups is 1. The largest absolute Gasteiger partial charge is 0.496 e. The fourth-order valence-electron chi connectivity index (χ4n) is 2.79. The second kappa shape index (κ2) is 8.50. The van der Waals surface area contributed by atoms with Gasteiger partial charge in [-0.1, -0.05) is 12.8 Å². The summed E-state index contributed by atoms with van der Waals surface area (Å²) in [5, 5.41) is 0. The summed E-state index contributed by atoms with van der Waals surface area (Å²) >= 11 is 0. The van der Waals surface area contributed by atoms with Gasteiger partial charge in [0.05, 0.1) is 33.4 Å². The Balaban J connectivity index is 2.19. The van der Waals surface area contributed by atoms with Crippen molar-refractivity contribution in [3.8, 4) is 17.2 Å². The van der Waals surface area contributed by atoms with Crippen molar-refractivity contribution < 1.29 is 14.2 Å². The molecule has 1 aromatic carbocycles. The molecular weight excluding hydrogens is 294 g/mol. The Kier molecular flexibility index (Phi) is 6.38. The number of methoxy groups -OCH3 is 3. The van der Waals surface area contributed by atoms with Crippen molar-refractivity contribution >= 4 is 5.96 Å². The van der Waals surface area contributed by atoms with Gasteiger partial charge in [0, 0.05) is 25.2 Å². The van der Waals surface area contributed by atoms with Crippen LogP contribution in [0.15, 0.2) is 17.1 Å². The molecule has 6 heteroatoms. The summed E-state index contributed by atoms with van der Waals surface area (Å²) in [5.41, 5.74) is 7.04. The van der Waals surface area contributed by atoms with Gasteiger partial charge in [-0.05, 0) is 12.8 Å². The number of ether oxygens (including phenoxy) is 3. The molecule has 1 heterocycles. The third-order valence-corrected chi connectivity index (χ3v) is 4.15. The fourth-order valence-corrected chi connectivity index (χ4v) is 2.79. The maximum Gasteiger partial charge on any atom is 0.191 e. The Hall–Kier alpha value is -2.11. The maximum absolute atomic E-state index is 6.17. The Labute approximate surface area is 138 Å². The van der Waals surface area contributed by atoms with E-state index in [1.54, 1.807) is 21.3 Å². The van der Waals surface area contributed by atoms with Crippen molar-refractivity contribution in [3.05, 3.63) is 17.7 Å². The minimum absolute atomic E-state index is 0.415. The Morgan fingerprint density at radius 2 is 1.57 bits per heavy atom. The molecule has 0 saturated carbocycles. The zero-order valence-corrected chi connectivity index (χ0v) is 14.3. The molecule has 1 fully saturated rings. The highest BCUT2D eigenvalue weighted by Gasteiger charge is 2.15. The molecule has 0 bridgehead atoms. The summed E-state index contributed by atoms with van der Waals surface area (Å²) in [5.74, 6) is 2.65. The van der Waals surface area contributed by atoms with Crippen LogP contribution in [-0.2, 0) is 6.54 Å². The molecule has 0 aliphatic carbocycles. The predicted molar refractivity (Wildman–Crippen MR) is 91.5 cm³/mol. The molecule has 0 atom stereocenters. The number of rotatable bonds is 5. The maximum atomic E-state index is 6.17. The number of nitrogens with zero attached hydrogens (tertiary/aromatic N) is 2. The molecule has 1 aromatic rings. The van der Waals surface area contributed by atoms with Crippen LogP contribution in [0.25, 0.3) is 0 Å². The summed E-state index contributed by atoms with van der Waals surface area (Å²) in [6.07, 6.45) is 4.88. The fraction of sp³-hybridized carbons (Fsp3) is 0.588. The van der Waals surface area contributed by atoms with E-state index in [9.17, 15) is 0 Å². The van der Waals surface area contributed by atoms with Crippen LogP contribution in [-0.4, -0.2) is 45.3 Å². The lowest BCUT2D eigenvalue weighted by atomic mass is 10.1. The van der Waals surface area contributed by atoms with Gasteiger partial charge in [0.1, 0.15) is 17.2 Å². The van der Waals surface area contributed by atoms with E-state index in [0.717, 1.165) is 18.7 Å². The van der Waals surface area contributed by atoms with Crippen LogP contribution < -0.4 is 19.9 Å². The minimum atomic E-state index is 0.415. The number of hydrogen-bond donors (Lipinski definition) is 1. The normalized spacial score (nSPS) is 16.0. The molecule has 6 nitrogen and oxygen atoms in total. The van der Waals surface area contributed by atoms with Crippen molar-refractivity contribution in [2.75, 3.05) is 34.4 Å². The first kappa shape index (κ1) is 17.2. The van der Waals surface area contributed by atoms with Crippen molar-refractivity contribution in [1.82, 2.24) is 4.90 Å². The molecule has 0 radical (unpaired) electrons. The summed E-state index contributed by atoms with van der Waals surface area (Å²) in [6.45, 7) is 2.37. The van der Waals surface area contributed by atoms with Gasteiger partial charge in [-0.3, -0.25) is 0 Å². The first-order valence-corrected chi connectivity index (χ1v) is 8.03. The van der Waals surface area contributed by atoms with Crippen LogP contribution >= 0.6 is 0 Å². The molecule has 1 aliphatic heterocycles. The molecular formula is C17H27N3O3. The Bertz CT molecular complexity index is 513. The number of nitrogens with two attached hydrogens (primary N) is 1. The Morgan fingerprint density at radius 1 is 1.00 bits per heavy atom. The van der Waals surface area contributed by atoms with Crippen molar-refractivity contribution in [2.45, 2.75) is 32.2 Å². The van der Waals surface area contributed by atoms with Crippen molar-refractivity contribution in [3.63, 3.8) is 0 Å². The smallest absolute Gasteiger partial charge is 0.191 e. The summed E-state index contributed by atoms with van der Waals surface area (Å²) < 4.78 is 16.1. The lowest BCUT2D eigenvalue weighted by molar-refractivity contribution is 0.368. The van der Waals surface area contributed by atoms with Crippen LogP contribution in [0.3, 0.4) is 0 Å². The number of benzene rings is 1. The van der Waals surface area contributed by atoms with Gasteiger partial charge in [0.2, 0.25) is 0 Å². The molecule has 23 heavy (non-hydrogen) atoms. The van der Waals surface area contributed by atoms with Crippen LogP contribution in [0.4, 0.5) is 0 Å². The van der Waals surface area contributed by atoms with E-state index in [2.05, 4.69) is 9.89 Å². The average molecular weight is 321 g/mol. The standard InChI is InChI=1S/C17H27N3O3/c1-21-13-10-15(22-2)14(16(11-13)23-3)12-19-17(18)20-8-6-4-5-7-9-20/h10-11H,4-9,12H2,1-3H3,(H2,18,19). The molecule has 0 amide bonds. The summed E-state index contributed by atoms with van der Waals surface area (Å²) in [4.78, 5) is 6.71. The monoisotopic (exact) mass is 321 g/mol. The third kappa shape index (κ3) is 4.43. The van der Waals surface area contributed by atoms with Crippen LogP contribution in [0.5, 0.6) is 17.2 Å². The average Bonchev–Trinajstić information content (AvgIpc) is 2.88. The zero-order chi connectivity index (χ0) is 16.7. The molecule has 2 rings (SSSR count). The molecule has 0 spiro atoms. The number of likely N-dealkylation sites (tertiary alicyclic amines) is 1. The van der Waals surface area contributed by atoms with Crippen LogP contribution in [0.2, 0.25) is 0 Å². The lowest BCUT2D eigenvalue weighted by Gasteiger charge is -2.21. The molecule has 128 valence electrons. The zero-order valence-electron chi connectivity index (χ0n) is 14.3. The minimum Gasteiger partial charge on any atom is -0.496 e. The first-order chi connectivity index (χ1) is 11.2. The van der Waals surface area contributed by atoms with E-state index in [0.29, 0.717) is 29.8 Å². The highest BCUT2D eigenvalue weighted by Crippen LogP contribution is 2.34. The van der Waals surface area contributed by atoms with E-state index in [1.165, 1.54) is 25.7 Å². The number of hydrogen-bond acceptors (Lipinski definition) is 4. The predicted octanol–water partition coefficient (Wildman–Crippen LogP) is 2.40. The second-order valence-corrected chi connectivity index (χ2v) is 5.59. The van der Waals surface area contributed by atoms with Gasteiger partial charge < -0.3 is 24.8 Å². The molecule has 1 saturated heterocycles. The highest BCUT2D eigenvalue weighted by molar-refractivity contribution is 5.78. The van der Waals surface area contributed by atoms with Crippen LogP contribution in [0, 0.1) is 0 Å². The molecule has 0 aromatic heterocycles. The van der Waals surface area contributed by atoms with Gasteiger partial charge in [0.15, 0.2) is 5.96 Å². The molecule has 0 unspecified atom stereocenters. The number of aliphatic imine (C=N–C) groups is 1. The van der Waals surface area contributed by atoms with Crippen molar-refractivity contribution in [2.24, 2.45) is 10.7 Å². The summed E-state index contributed by atoms with van der Waals surface area (Å²) in [6, 6.07) is 3.66. The van der Waals surface area contributed by atoms with Gasteiger partial charge in [0.25, 0.3) is 0 Å². The van der Waals surface area contributed by atoms with Gasteiger partial charge in [-0.2, -0.15) is 0 Å². The summed E-state index contributed by atoms with van der Waals surface area (Å²) in [7, 11) is 4.86. The molecule has 1 aliphatic rings. The first-order valence-electron chi connectivity index (χ1n) is 8.03. The van der Waals surface area contributed by atoms with Gasteiger partial charge in [-0.25, -0.2) is 4.99 Å². The second-order valence-electron chi connectivity index (χ2n) is 5.59. The van der Waals surface area contributed by atoms with Crippen molar-refractivity contribution in [1.29, 1.82) is 0 Å². The van der Waals surface area contributed by atoms with E-state index >= 15 is 0 Å². The highest BCUT2D eigenvalue weighted by atomic mass is 16.5. The van der Waals surface area contributed by atoms with Crippen LogP contribution in [0.1, 0.15) is 31.2 Å². The Morgan fingerprint density at radius 3 is 2.04 bits per heavy atom. The quantitative estimate of drug-likeness (QED) is 0.666. The SMILES string of the molecule is COc1cc(OC)c(CN=C(N)N2CCCCCC2)c(OC)c1. The lowest BCUT2D eigenvalue weighted by Crippen LogP contribution is -2.38.